The molecule has 2 unspecified atom stereocenters. The SMILES string of the molecule is COc1cccc(C2/C(=C(\O)c3ccc4c(c3)CC(C)O4)C(=O)C(=O)N2Cc2ccccc2)c1. The molecule has 0 aromatic heterocycles. The molecule has 6 heteroatoms. The van der Waals surface area contributed by atoms with Crippen LogP contribution in [0.3, 0.4) is 0 Å². The van der Waals surface area contributed by atoms with Crippen LogP contribution in [-0.2, 0) is 22.6 Å². The third kappa shape index (κ3) is 3.81. The van der Waals surface area contributed by atoms with E-state index in [4.69, 9.17) is 9.47 Å². The van der Waals surface area contributed by atoms with Crippen molar-refractivity contribution < 1.29 is 24.2 Å². The van der Waals surface area contributed by atoms with E-state index in [1.165, 1.54) is 4.90 Å². The molecular weight excluding hydrogens is 430 g/mol. The Bertz CT molecular complexity index is 1300. The van der Waals surface area contributed by atoms with Gasteiger partial charge >= 0.3 is 0 Å². The normalized spacial score (nSPS) is 20.8. The molecule has 0 spiro atoms. The van der Waals surface area contributed by atoms with Crippen molar-refractivity contribution >= 4 is 17.4 Å². The van der Waals surface area contributed by atoms with Crippen LogP contribution in [0.4, 0.5) is 0 Å². The number of carbonyl (C=O) groups excluding carboxylic acids is 2. The minimum absolute atomic E-state index is 0.0561. The minimum Gasteiger partial charge on any atom is -0.507 e. The van der Waals surface area contributed by atoms with Crippen LogP contribution in [0.1, 0.15) is 35.2 Å². The molecule has 0 saturated carbocycles. The van der Waals surface area contributed by atoms with Crippen molar-refractivity contribution in [3.8, 4) is 11.5 Å². The molecule has 2 aliphatic heterocycles. The molecule has 1 saturated heterocycles. The van der Waals surface area contributed by atoms with Gasteiger partial charge in [0.15, 0.2) is 0 Å². The summed E-state index contributed by atoms with van der Waals surface area (Å²) in [5.41, 5.74) is 3.10. The lowest BCUT2D eigenvalue weighted by Crippen LogP contribution is -2.29. The van der Waals surface area contributed by atoms with Crippen LogP contribution in [0.15, 0.2) is 78.4 Å². The zero-order valence-electron chi connectivity index (χ0n) is 19.0. The number of hydrogen-bond donors (Lipinski definition) is 1. The smallest absolute Gasteiger partial charge is 0.295 e. The Hall–Kier alpha value is -4.06. The fourth-order valence-corrected chi connectivity index (χ4v) is 4.71. The number of aliphatic hydroxyl groups is 1. The van der Waals surface area contributed by atoms with Crippen molar-refractivity contribution in [1.29, 1.82) is 0 Å². The quantitative estimate of drug-likeness (QED) is 0.345. The molecular formula is C28H25NO5. The Morgan fingerprint density at radius 3 is 2.62 bits per heavy atom. The molecule has 172 valence electrons. The van der Waals surface area contributed by atoms with Gasteiger partial charge < -0.3 is 19.5 Å². The number of fused-ring (bicyclic) bond motifs is 1. The molecule has 3 aromatic rings. The number of likely N-dealkylation sites (tertiary alicyclic amines) is 1. The lowest BCUT2D eigenvalue weighted by Gasteiger charge is -2.25. The van der Waals surface area contributed by atoms with Crippen molar-refractivity contribution in [2.24, 2.45) is 0 Å². The lowest BCUT2D eigenvalue weighted by atomic mass is 9.94. The molecule has 0 bridgehead atoms. The summed E-state index contributed by atoms with van der Waals surface area (Å²) in [4.78, 5) is 28.0. The number of aliphatic hydroxyl groups excluding tert-OH is 1. The number of hydrogen-bond acceptors (Lipinski definition) is 5. The van der Waals surface area contributed by atoms with Gasteiger partial charge in [0.2, 0.25) is 0 Å². The highest BCUT2D eigenvalue weighted by atomic mass is 16.5. The highest BCUT2D eigenvalue weighted by Crippen LogP contribution is 2.42. The first kappa shape index (κ1) is 21.8. The van der Waals surface area contributed by atoms with Crippen LogP contribution in [0.25, 0.3) is 5.76 Å². The molecule has 1 N–H and O–H groups in total. The van der Waals surface area contributed by atoms with Crippen molar-refractivity contribution in [2.45, 2.75) is 32.0 Å². The Morgan fingerprint density at radius 2 is 1.85 bits per heavy atom. The van der Waals surface area contributed by atoms with E-state index in [9.17, 15) is 14.7 Å². The largest absolute Gasteiger partial charge is 0.507 e. The van der Waals surface area contributed by atoms with Crippen LogP contribution < -0.4 is 9.47 Å². The van der Waals surface area contributed by atoms with Crippen LogP contribution in [0.2, 0.25) is 0 Å². The first-order chi connectivity index (χ1) is 16.5. The summed E-state index contributed by atoms with van der Waals surface area (Å²) in [6, 6.07) is 21.3. The van der Waals surface area contributed by atoms with Gasteiger partial charge in [-0.25, -0.2) is 0 Å². The van der Waals surface area contributed by atoms with E-state index in [1.54, 1.807) is 31.4 Å². The summed E-state index contributed by atoms with van der Waals surface area (Å²) in [6.45, 7) is 2.22. The van der Waals surface area contributed by atoms with Crippen molar-refractivity contribution in [1.82, 2.24) is 4.90 Å². The highest BCUT2D eigenvalue weighted by molar-refractivity contribution is 6.46. The zero-order chi connectivity index (χ0) is 23.8. The van der Waals surface area contributed by atoms with E-state index in [1.807, 2.05) is 55.5 Å². The Balaban J connectivity index is 1.64. The fourth-order valence-electron chi connectivity index (χ4n) is 4.71. The monoisotopic (exact) mass is 455 g/mol. The predicted octanol–water partition coefficient (Wildman–Crippen LogP) is 4.64. The summed E-state index contributed by atoms with van der Waals surface area (Å²) in [7, 11) is 1.56. The second-order valence-corrected chi connectivity index (χ2v) is 8.64. The van der Waals surface area contributed by atoms with Crippen LogP contribution in [-0.4, -0.2) is 34.9 Å². The fraction of sp³-hybridized carbons (Fsp3) is 0.214. The number of rotatable bonds is 5. The summed E-state index contributed by atoms with van der Waals surface area (Å²) in [6.07, 6.45) is 0.776. The van der Waals surface area contributed by atoms with Gasteiger partial charge in [-0.2, -0.15) is 0 Å². The molecule has 6 nitrogen and oxygen atoms in total. The van der Waals surface area contributed by atoms with Crippen molar-refractivity contribution in [2.75, 3.05) is 7.11 Å². The second-order valence-electron chi connectivity index (χ2n) is 8.64. The maximum atomic E-state index is 13.3. The summed E-state index contributed by atoms with van der Waals surface area (Å²) >= 11 is 0. The molecule has 0 radical (unpaired) electrons. The van der Waals surface area contributed by atoms with E-state index < -0.39 is 17.7 Å². The van der Waals surface area contributed by atoms with Crippen molar-refractivity contribution in [3.63, 3.8) is 0 Å². The summed E-state index contributed by atoms with van der Waals surface area (Å²) in [5, 5.41) is 11.4. The summed E-state index contributed by atoms with van der Waals surface area (Å²) < 4.78 is 11.1. The molecule has 34 heavy (non-hydrogen) atoms. The molecule has 5 rings (SSSR count). The van der Waals surface area contributed by atoms with Gasteiger partial charge in [0.05, 0.1) is 18.7 Å². The van der Waals surface area contributed by atoms with E-state index in [-0.39, 0.29) is 24.0 Å². The van der Waals surface area contributed by atoms with E-state index in [0.717, 1.165) is 23.3 Å². The number of carbonyl (C=O) groups is 2. The van der Waals surface area contributed by atoms with Crippen LogP contribution in [0, 0.1) is 0 Å². The lowest BCUT2D eigenvalue weighted by molar-refractivity contribution is -0.140. The summed E-state index contributed by atoms with van der Waals surface area (Å²) in [5.74, 6) is -0.156. The molecule has 0 aliphatic carbocycles. The molecule has 1 amide bonds. The average Bonchev–Trinajstić information content (AvgIpc) is 3.35. The van der Waals surface area contributed by atoms with Gasteiger partial charge in [0.1, 0.15) is 23.4 Å². The second kappa shape index (κ2) is 8.71. The number of Topliss-reactive ketones (excluding diaryl/α,β-unsaturated/α-hetero) is 1. The number of nitrogens with zero attached hydrogens (tertiary/aromatic N) is 1. The van der Waals surface area contributed by atoms with Gasteiger partial charge in [-0.3, -0.25) is 9.59 Å². The maximum absolute atomic E-state index is 13.3. The van der Waals surface area contributed by atoms with Gasteiger partial charge in [0, 0.05) is 18.5 Å². The van der Waals surface area contributed by atoms with Gasteiger partial charge in [-0.15, -0.1) is 0 Å². The van der Waals surface area contributed by atoms with Gasteiger partial charge in [-0.1, -0.05) is 42.5 Å². The maximum Gasteiger partial charge on any atom is 0.295 e. The molecule has 2 aliphatic rings. The van der Waals surface area contributed by atoms with E-state index in [0.29, 0.717) is 16.9 Å². The van der Waals surface area contributed by atoms with Crippen molar-refractivity contribution in [3.05, 3.63) is 101 Å². The highest BCUT2D eigenvalue weighted by Gasteiger charge is 2.46. The number of methoxy groups -OCH3 is 1. The van der Waals surface area contributed by atoms with E-state index in [2.05, 4.69) is 0 Å². The van der Waals surface area contributed by atoms with Crippen LogP contribution >= 0.6 is 0 Å². The standard InChI is InChI=1S/C28H25NO5/c1-17-13-21-14-20(11-12-23(21)34-17)26(30)24-25(19-9-6-10-22(15-19)33-2)29(28(32)27(24)31)16-18-7-4-3-5-8-18/h3-12,14-15,17,25,30H,13,16H2,1-2H3/b26-24+. The van der Waals surface area contributed by atoms with Gasteiger partial charge in [0.25, 0.3) is 11.7 Å². The first-order valence-corrected chi connectivity index (χ1v) is 11.2. The number of benzene rings is 3. The Morgan fingerprint density at radius 1 is 1.06 bits per heavy atom. The third-order valence-corrected chi connectivity index (χ3v) is 6.31. The number of ketones is 1. The Labute approximate surface area is 198 Å². The topological polar surface area (TPSA) is 76.1 Å². The van der Waals surface area contributed by atoms with Crippen LogP contribution in [0.5, 0.6) is 11.5 Å². The number of amides is 1. The third-order valence-electron chi connectivity index (χ3n) is 6.31. The minimum atomic E-state index is -0.751. The van der Waals surface area contributed by atoms with E-state index >= 15 is 0 Å². The molecule has 3 aromatic carbocycles. The Kier molecular flexibility index (Phi) is 5.57. The van der Waals surface area contributed by atoms with Gasteiger partial charge in [-0.05, 0) is 53.9 Å². The molecule has 2 heterocycles. The molecule has 2 atom stereocenters. The molecule has 1 fully saturated rings. The average molecular weight is 456 g/mol. The zero-order valence-corrected chi connectivity index (χ0v) is 19.0. The predicted molar refractivity (Wildman–Crippen MR) is 128 cm³/mol. The number of ether oxygens (including phenoxy) is 2. The first-order valence-electron chi connectivity index (χ1n) is 11.2.